The van der Waals surface area contributed by atoms with E-state index in [2.05, 4.69) is 23.9 Å². The molecule has 2 rings (SSSR count). The number of nitrogens with two attached hydrogens (primary N) is 1. The molecule has 0 radical (unpaired) electrons. The lowest BCUT2D eigenvalue weighted by Crippen LogP contribution is -2.46. The Morgan fingerprint density at radius 1 is 1.06 bits per heavy atom. The van der Waals surface area contributed by atoms with Crippen LogP contribution < -0.4 is 5.84 Å². The summed E-state index contributed by atoms with van der Waals surface area (Å²) in [6.45, 7) is 5.94. The van der Waals surface area contributed by atoms with E-state index in [9.17, 15) is 0 Å². The topological polar surface area (TPSA) is 35.7 Å². The lowest BCUT2D eigenvalue weighted by molar-refractivity contribution is 0.103. The van der Waals surface area contributed by atoms with Crippen LogP contribution in [0.15, 0.2) is 0 Å². The SMILES string of the molecule is CN1CCC(N(C)CC2CCN(N)CC2)CC1. The molecule has 0 bridgehead atoms. The molecule has 100 valence electrons. The Labute approximate surface area is 106 Å². The molecule has 17 heavy (non-hydrogen) atoms. The smallest absolute Gasteiger partial charge is 0.0131 e. The monoisotopic (exact) mass is 240 g/mol. The first-order valence-corrected chi connectivity index (χ1v) is 7.03. The number of hydrazine groups is 1. The molecule has 2 N–H and O–H groups in total. The van der Waals surface area contributed by atoms with Gasteiger partial charge in [-0.1, -0.05) is 0 Å². The van der Waals surface area contributed by atoms with Gasteiger partial charge in [0.2, 0.25) is 0 Å². The molecule has 0 unspecified atom stereocenters. The molecule has 0 aromatic rings. The molecular weight excluding hydrogens is 212 g/mol. The van der Waals surface area contributed by atoms with E-state index in [-0.39, 0.29) is 0 Å². The molecule has 0 aliphatic carbocycles. The molecule has 0 spiro atoms. The Morgan fingerprint density at radius 2 is 1.65 bits per heavy atom. The van der Waals surface area contributed by atoms with Gasteiger partial charge in [0.05, 0.1) is 0 Å². The highest BCUT2D eigenvalue weighted by Crippen LogP contribution is 2.20. The van der Waals surface area contributed by atoms with Gasteiger partial charge in [-0.15, -0.1) is 0 Å². The van der Waals surface area contributed by atoms with Crippen molar-refractivity contribution >= 4 is 0 Å². The van der Waals surface area contributed by atoms with Crippen LogP contribution in [0, 0.1) is 5.92 Å². The van der Waals surface area contributed by atoms with Gasteiger partial charge in [-0.25, -0.2) is 5.01 Å². The number of rotatable bonds is 3. The molecule has 0 amide bonds. The fourth-order valence-electron chi connectivity index (χ4n) is 3.13. The van der Waals surface area contributed by atoms with Crippen molar-refractivity contribution in [2.45, 2.75) is 31.7 Å². The maximum absolute atomic E-state index is 5.80. The van der Waals surface area contributed by atoms with E-state index in [1.807, 2.05) is 5.01 Å². The van der Waals surface area contributed by atoms with E-state index >= 15 is 0 Å². The molecule has 4 nitrogen and oxygen atoms in total. The van der Waals surface area contributed by atoms with Crippen molar-refractivity contribution in [3.8, 4) is 0 Å². The molecule has 2 aliphatic rings. The minimum Gasteiger partial charge on any atom is -0.306 e. The Kier molecular flexibility index (Phi) is 4.79. The molecule has 2 aliphatic heterocycles. The summed E-state index contributed by atoms with van der Waals surface area (Å²) in [5.41, 5.74) is 0. The first-order chi connectivity index (χ1) is 8.15. The van der Waals surface area contributed by atoms with Gasteiger partial charge in [0, 0.05) is 25.7 Å². The zero-order valence-corrected chi connectivity index (χ0v) is 11.4. The Morgan fingerprint density at radius 3 is 2.24 bits per heavy atom. The predicted octanol–water partition coefficient (Wildman–Crippen LogP) is 0.598. The predicted molar refractivity (Wildman–Crippen MR) is 71.6 cm³/mol. The van der Waals surface area contributed by atoms with Gasteiger partial charge in [-0.05, 0) is 58.8 Å². The number of piperidine rings is 2. The first-order valence-electron chi connectivity index (χ1n) is 7.03. The van der Waals surface area contributed by atoms with Crippen LogP contribution in [0.2, 0.25) is 0 Å². The fourth-order valence-corrected chi connectivity index (χ4v) is 3.13. The van der Waals surface area contributed by atoms with Crippen molar-refractivity contribution in [2.24, 2.45) is 11.8 Å². The van der Waals surface area contributed by atoms with Crippen LogP contribution in [0.1, 0.15) is 25.7 Å². The second kappa shape index (κ2) is 6.14. The van der Waals surface area contributed by atoms with Crippen LogP contribution in [0.25, 0.3) is 0 Å². The highest BCUT2D eigenvalue weighted by molar-refractivity contribution is 4.79. The summed E-state index contributed by atoms with van der Waals surface area (Å²) in [7, 11) is 4.54. The maximum Gasteiger partial charge on any atom is 0.0131 e. The summed E-state index contributed by atoms with van der Waals surface area (Å²) >= 11 is 0. The number of hydrogen-bond acceptors (Lipinski definition) is 4. The van der Waals surface area contributed by atoms with Crippen LogP contribution >= 0.6 is 0 Å². The summed E-state index contributed by atoms with van der Waals surface area (Å²) in [5, 5.41) is 1.96. The van der Waals surface area contributed by atoms with E-state index in [1.165, 1.54) is 45.3 Å². The minimum atomic E-state index is 0.808. The van der Waals surface area contributed by atoms with Gasteiger partial charge in [0.1, 0.15) is 0 Å². The third kappa shape index (κ3) is 3.91. The van der Waals surface area contributed by atoms with Gasteiger partial charge < -0.3 is 9.80 Å². The van der Waals surface area contributed by atoms with Crippen molar-refractivity contribution in [3.05, 3.63) is 0 Å². The average molecular weight is 240 g/mol. The lowest BCUT2D eigenvalue weighted by Gasteiger charge is -2.38. The normalized spacial score (nSPS) is 26.8. The van der Waals surface area contributed by atoms with Gasteiger partial charge in [-0.2, -0.15) is 0 Å². The lowest BCUT2D eigenvalue weighted by atomic mass is 9.95. The van der Waals surface area contributed by atoms with E-state index in [0.717, 1.165) is 25.0 Å². The van der Waals surface area contributed by atoms with Gasteiger partial charge in [-0.3, -0.25) is 5.84 Å². The van der Waals surface area contributed by atoms with Crippen LogP contribution in [-0.2, 0) is 0 Å². The molecule has 0 aromatic carbocycles. The molecule has 0 aromatic heterocycles. The van der Waals surface area contributed by atoms with E-state index in [1.54, 1.807) is 0 Å². The average Bonchev–Trinajstić information content (AvgIpc) is 2.33. The standard InChI is InChI=1S/C13H28N4/c1-15-7-5-13(6-8-15)16(2)11-12-3-9-17(14)10-4-12/h12-13H,3-11,14H2,1-2H3. The number of nitrogens with zero attached hydrogens (tertiary/aromatic N) is 3. The highest BCUT2D eigenvalue weighted by atomic mass is 15.4. The largest absolute Gasteiger partial charge is 0.306 e. The summed E-state index contributed by atoms with van der Waals surface area (Å²) < 4.78 is 0. The van der Waals surface area contributed by atoms with E-state index in [0.29, 0.717) is 0 Å². The molecule has 2 saturated heterocycles. The quantitative estimate of drug-likeness (QED) is 0.733. The van der Waals surface area contributed by atoms with Gasteiger partial charge in [0.25, 0.3) is 0 Å². The Bertz CT molecular complexity index is 217. The van der Waals surface area contributed by atoms with Crippen molar-refractivity contribution in [2.75, 3.05) is 46.8 Å². The number of hydrogen-bond donors (Lipinski definition) is 1. The summed E-state index contributed by atoms with van der Waals surface area (Å²) in [4.78, 5) is 5.04. The Balaban J connectivity index is 1.71. The third-order valence-corrected chi connectivity index (χ3v) is 4.51. The molecule has 4 heteroatoms. The second-order valence-electron chi connectivity index (χ2n) is 5.95. The third-order valence-electron chi connectivity index (χ3n) is 4.51. The van der Waals surface area contributed by atoms with Crippen molar-refractivity contribution in [1.29, 1.82) is 0 Å². The molecule has 2 heterocycles. The molecule has 0 saturated carbocycles. The van der Waals surface area contributed by atoms with E-state index < -0.39 is 0 Å². The van der Waals surface area contributed by atoms with Gasteiger partial charge in [0.15, 0.2) is 0 Å². The zero-order valence-electron chi connectivity index (χ0n) is 11.4. The maximum atomic E-state index is 5.80. The molecular formula is C13H28N4. The van der Waals surface area contributed by atoms with Crippen molar-refractivity contribution < 1.29 is 0 Å². The van der Waals surface area contributed by atoms with Crippen LogP contribution in [0.5, 0.6) is 0 Å². The molecule has 2 fully saturated rings. The Hall–Kier alpha value is -0.160. The fraction of sp³-hybridized carbons (Fsp3) is 1.00. The molecule has 0 atom stereocenters. The summed E-state index contributed by atoms with van der Waals surface area (Å²) in [5.74, 6) is 6.66. The highest BCUT2D eigenvalue weighted by Gasteiger charge is 2.24. The van der Waals surface area contributed by atoms with Gasteiger partial charge >= 0.3 is 0 Å². The van der Waals surface area contributed by atoms with Crippen LogP contribution in [-0.4, -0.2) is 67.7 Å². The zero-order chi connectivity index (χ0) is 12.3. The van der Waals surface area contributed by atoms with E-state index in [4.69, 9.17) is 5.84 Å². The summed E-state index contributed by atoms with van der Waals surface area (Å²) in [6.07, 6.45) is 5.21. The van der Waals surface area contributed by atoms with Crippen molar-refractivity contribution in [1.82, 2.24) is 14.8 Å². The summed E-state index contributed by atoms with van der Waals surface area (Å²) in [6, 6.07) is 0.808. The minimum absolute atomic E-state index is 0.808. The van der Waals surface area contributed by atoms with Crippen LogP contribution in [0.3, 0.4) is 0 Å². The number of likely N-dealkylation sites (tertiary alicyclic amines) is 1. The van der Waals surface area contributed by atoms with Crippen LogP contribution in [0.4, 0.5) is 0 Å². The first kappa shape index (κ1) is 13.3. The second-order valence-corrected chi connectivity index (χ2v) is 5.95. The van der Waals surface area contributed by atoms with Crippen molar-refractivity contribution in [3.63, 3.8) is 0 Å².